The quantitative estimate of drug-likeness (QED) is 0.609. The second kappa shape index (κ2) is 8.29. The SMILES string of the molecule is Cc1ccc(N2C(=O)CSC23C(=O)N(CC(=O)Nc2ccc(F)cc2)c2ccccc23)cc1C. The van der Waals surface area contributed by atoms with Gasteiger partial charge in [0.25, 0.3) is 5.91 Å². The first-order valence-corrected chi connectivity index (χ1v) is 11.8. The average Bonchev–Trinajstić information content (AvgIpc) is 3.28. The van der Waals surface area contributed by atoms with Crippen molar-refractivity contribution in [3.63, 3.8) is 0 Å². The molecule has 5 rings (SSSR count). The van der Waals surface area contributed by atoms with Gasteiger partial charge in [-0.15, -0.1) is 11.8 Å². The summed E-state index contributed by atoms with van der Waals surface area (Å²) in [5.41, 5.74) is 4.48. The van der Waals surface area contributed by atoms with Crippen LogP contribution in [0.2, 0.25) is 0 Å². The molecule has 1 unspecified atom stereocenters. The number of nitrogens with zero attached hydrogens (tertiary/aromatic N) is 2. The van der Waals surface area contributed by atoms with Crippen LogP contribution in [0.25, 0.3) is 0 Å². The fraction of sp³-hybridized carbons (Fsp3) is 0.192. The summed E-state index contributed by atoms with van der Waals surface area (Å²) in [6.45, 7) is 3.73. The van der Waals surface area contributed by atoms with E-state index in [1.807, 2.05) is 44.2 Å². The third kappa shape index (κ3) is 3.45. The second-order valence-electron chi connectivity index (χ2n) is 8.39. The molecule has 0 bridgehead atoms. The van der Waals surface area contributed by atoms with Crippen LogP contribution in [0, 0.1) is 19.7 Å². The maximum absolute atomic E-state index is 14.0. The highest BCUT2D eigenvalue weighted by Crippen LogP contribution is 2.55. The number of halogens is 1. The van der Waals surface area contributed by atoms with Crippen LogP contribution in [-0.4, -0.2) is 30.0 Å². The molecular weight excluding hydrogens is 453 g/mol. The minimum Gasteiger partial charge on any atom is -0.325 e. The molecule has 2 aliphatic heterocycles. The van der Waals surface area contributed by atoms with Crippen molar-refractivity contribution in [3.8, 4) is 0 Å². The van der Waals surface area contributed by atoms with Crippen molar-refractivity contribution >= 4 is 46.5 Å². The van der Waals surface area contributed by atoms with Gasteiger partial charge < -0.3 is 5.32 Å². The number of thioether (sulfide) groups is 1. The molecule has 2 heterocycles. The van der Waals surface area contributed by atoms with Crippen LogP contribution >= 0.6 is 11.8 Å². The van der Waals surface area contributed by atoms with Crippen molar-refractivity contribution in [2.24, 2.45) is 0 Å². The van der Waals surface area contributed by atoms with Gasteiger partial charge in [0, 0.05) is 16.9 Å². The molecule has 8 heteroatoms. The number of fused-ring (bicyclic) bond motifs is 2. The van der Waals surface area contributed by atoms with Gasteiger partial charge in [-0.05, 0) is 67.4 Å². The molecule has 0 saturated carbocycles. The van der Waals surface area contributed by atoms with Gasteiger partial charge in [0.15, 0.2) is 0 Å². The Balaban J connectivity index is 1.52. The van der Waals surface area contributed by atoms with Crippen LogP contribution in [0.3, 0.4) is 0 Å². The molecule has 3 aromatic carbocycles. The number of para-hydroxylation sites is 1. The van der Waals surface area contributed by atoms with Crippen LogP contribution in [0.4, 0.5) is 21.5 Å². The number of hydrogen-bond donors (Lipinski definition) is 1. The molecule has 0 aromatic heterocycles. The van der Waals surface area contributed by atoms with Crippen LogP contribution in [0.5, 0.6) is 0 Å². The largest absolute Gasteiger partial charge is 0.325 e. The molecule has 0 radical (unpaired) electrons. The zero-order valence-electron chi connectivity index (χ0n) is 18.7. The van der Waals surface area contributed by atoms with Gasteiger partial charge in [-0.3, -0.25) is 24.2 Å². The highest BCUT2D eigenvalue weighted by Gasteiger charge is 2.61. The molecule has 1 N–H and O–H groups in total. The van der Waals surface area contributed by atoms with Gasteiger partial charge in [0.05, 0.1) is 11.4 Å². The molecule has 1 atom stereocenters. The van der Waals surface area contributed by atoms with E-state index in [0.29, 0.717) is 22.6 Å². The zero-order chi connectivity index (χ0) is 24.0. The lowest BCUT2D eigenvalue weighted by atomic mass is 10.0. The number of aryl methyl sites for hydroxylation is 2. The molecule has 172 valence electrons. The summed E-state index contributed by atoms with van der Waals surface area (Å²) < 4.78 is 13.2. The van der Waals surface area contributed by atoms with Crippen molar-refractivity contribution in [1.29, 1.82) is 0 Å². The predicted molar refractivity (Wildman–Crippen MR) is 131 cm³/mol. The van der Waals surface area contributed by atoms with Crippen molar-refractivity contribution in [3.05, 3.63) is 89.2 Å². The topological polar surface area (TPSA) is 69.7 Å². The van der Waals surface area contributed by atoms with E-state index in [-0.39, 0.29) is 24.1 Å². The van der Waals surface area contributed by atoms with Crippen LogP contribution in [-0.2, 0) is 19.3 Å². The van der Waals surface area contributed by atoms with Crippen LogP contribution in [0.1, 0.15) is 16.7 Å². The Hall–Kier alpha value is -3.65. The van der Waals surface area contributed by atoms with Gasteiger partial charge in [-0.25, -0.2) is 4.39 Å². The zero-order valence-corrected chi connectivity index (χ0v) is 19.5. The number of anilines is 3. The van der Waals surface area contributed by atoms with Crippen LogP contribution < -0.4 is 15.1 Å². The van der Waals surface area contributed by atoms with E-state index in [4.69, 9.17) is 0 Å². The highest BCUT2D eigenvalue weighted by atomic mass is 32.2. The summed E-state index contributed by atoms with van der Waals surface area (Å²) >= 11 is 1.27. The standard InChI is InChI=1S/C26H22FN3O3S/c1-16-7-12-20(13-17(16)2)30-24(32)15-34-26(30)21-5-3-4-6-22(21)29(25(26)33)14-23(31)28-19-10-8-18(27)9-11-19/h3-13H,14-15H2,1-2H3,(H,28,31). The van der Waals surface area contributed by atoms with E-state index in [1.54, 1.807) is 17.0 Å². The highest BCUT2D eigenvalue weighted by molar-refractivity contribution is 8.02. The molecule has 6 nitrogen and oxygen atoms in total. The molecule has 1 spiro atoms. The van der Waals surface area contributed by atoms with Gasteiger partial charge >= 0.3 is 0 Å². The normalized spacial score (nSPS) is 19.1. The number of carbonyl (C=O) groups excluding carboxylic acids is 3. The summed E-state index contributed by atoms with van der Waals surface area (Å²) in [4.78, 5) is 41.6. The van der Waals surface area contributed by atoms with Gasteiger partial charge in [-0.2, -0.15) is 0 Å². The van der Waals surface area contributed by atoms with E-state index in [2.05, 4.69) is 5.32 Å². The molecule has 34 heavy (non-hydrogen) atoms. The van der Waals surface area contributed by atoms with Crippen molar-refractivity contribution in [2.75, 3.05) is 27.4 Å². The van der Waals surface area contributed by atoms with Gasteiger partial charge in [-0.1, -0.05) is 24.3 Å². The Morgan fingerprint density at radius 3 is 2.50 bits per heavy atom. The minimum absolute atomic E-state index is 0.155. The van der Waals surface area contributed by atoms with E-state index >= 15 is 0 Å². The summed E-state index contributed by atoms with van der Waals surface area (Å²) in [5.74, 6) is -1.16. The molecule has 3 aromatic rings. The van der Waals surface area contributed by atoms with Gasteiger partial charge in [0.1, 0.15) is 12.4 Å². The molecule has 1 fully saturated rings. The number of benzene rings is 3. The number of nitrogens with one attached hydrogen (secondary N) is 1. The third-order valence-corrected chi connectivity index (χ3v) is 7.63. The summed E-state index contributed by atoms with van der Waals surface area (Å²) in [6, 6.07) is 18.4. The molecular formula is C26H22FN3O3S. The minimum atomic E-state index is -1.27. The number of rotatable bonds is 4. The first-order chi connectivity index (χ1) is 16.3. The molecule has 2 aliphatic rings. The van der Waals surface area contributed by atoms with E-state index in [1.165, 1.54) is 40.9 Å². The molecule has 0 aliphatic carbocycles. The Morgan fingerprint density at radius 1 is 1.03 bits per heavy atom. The summed E-state index contributed by atoms with van der Waals surface area (Å²) in [5, 5.41) is 2.70. The Morgan fingerprint density at radius 2 is 1.76 bits per heavy atom. The van der Waals surface area contributed by atoms with Gasteiger partial charge in [0.2, 0.25) is 16.7 Å². The molecule has 3 amide bonds. The van der Waals surface area contributed by atoms with Crippen molar-refractivity contribution < 1.29 is 18.8 Å². The predicted octanol–water partition coefficient (Wildman–Crippen LogP) is 4.36. The Kier molecular flexibility index (Phi) is 5.40. The molecule has 1 saturated heterocycles. The van der Waals surface area contributed by atoms with E-state index in [0.717, 1.165) is 11.1 Å². The average molecular weight is 476 g/mol. The summed E-state index contributed by atoms with van der Waals surface area (Å²) in [6.07, 6.45) is 0. The maximum atomic E-state index is 14.0. The lowest BCUT2D eigenvalue weighted by molar-refractivity contribution is -0.124. The number of carbonyl (C=O) groups is 3. The first-order valence-electron chi connectivity index (χ1n) is 10.8. The number of hydrogen-bond acceptors (Lipinski definition) is 4. The lowest BCUT2D eigenvalue weighted by Gasteiger charge is -2.33. The maximum Gasteiger partial charge on any atom is 0.269 e. The second-order valence-corrected chi connectivity index (χ2v) is 9.56. The van der Waals surface area contributed by atoms with E-state index < -0.39 is 16.6 Å². The Bertz CT molecular complexity index is 1330. The van der Waals surface area contributed by atoms with E-state index in [9.17, 15) is 18.8 Å². The fourth-order valence-electron chi connectivity index (χ4n) is 4.45. The lowest BCUT2D eigenvalue weighted by Crippen LogP contribution is -2.50. The van der Waals surface area contributed by atoms with Crippen molar-refractivity contribution in [1.82, 2.24) is 0 Å². The monoisotopic (exact) mass is 475 g/mol. The van der Waals surface area contributed by atoms with Crippen LogP contribution in [0.15, 0.2) is 66.7 Å². The third-order valence-electron chi connectivity index (χ3n) is 6.24. The van der Waals surface area contributed by atoms with Crippen molar-refractivity contribution in [2.45, 2.75) is 18.7 Å². The summed E-state index contributed by atoms with van der Waals surface area (Å²) in [7, 11) is 0. The first kappa shape index (κ1) is 22.2. The smallest absolute Gasteiger partial charge is 0.269 e. The number of amides is 3. The fourth-order valence-corrected chi connectivity index (χ4v) is 5.81. The Labute approximate surface area is 200 Å².